The van der Waals surface area contributed by atoms with Crippen molar-refractivity contribution in [3.63, 3.8) is 0 Å². The minimum atomic E-state index is 0.0767. The van der Waals surface area contributed by atoms with Crippen molar-refractivity contribution in [2.45, 2.75) is 50.4 Å². The number of methoxy groups -OCH3 is 1. The molecule has 6 nitrogen and oxygen atoms in total. The summed E-state index contributed by atoms with van der Waals surface area (Å²) < 4.78 is 7.29. The predicted octanol–water partition coefficient (Wildman–Crippen LogP) is 3.62. The maximum absolute atomic E-state index is 12.6. The molecule has 7 heteroatoms. The van der Waals surface area contributed by atoms with Gasteiger partial charge in [-0.05, 0) is 43.9 Å². The van der Waals surface area contributed by atoms with Crippen LogP contribution in [0, 0.1) is 17.8 Å². The maximum Gasteiger partial charge on any atom is 0.230 e. The summed E-state index contributed by atoms with van der Waals surface area (Å²) >= 11 is 1.44. The zero-order valence-electron chi connectivity index (χ0n) is 17.2. The van der Waals surface area contributed by atoms with E-state index in [9.17, 15) is 4.79 Å². The number of nitrogens with one attached hydrogen (secondary N) is 1. The van der Waals surface area contributed by atoms with Crippen molar-refractivity contribution in [1.29, 1.82) is 0 Å². The molecule has 2 fully saturated rings. The summed E-state index contributed by atoms with van der Waals surface area (Å²) in [6, 6.07) is 10.3. The van der Waals surface area contributed by atoms with Gasteiger partial charge in [0.2, 0.25) is 5.91 Å². The number of hydrogen-bond donors (Lipinski definition) is 1. The van der Waals surface area contributed by atoms with Crippen molar-refractivity contribution >= 4 is 17.7 Å². The lowest BCUT2D eigenvalue weighted by Crippen LogP contribution is -2.40. The third-order valence-electron chi connectivity index (χ3n) is 6.42. The highest BCUT2D eigenvalue weighted by atomic mass is 32.2. The Hall–Kier alpha value is -1.86. The van der Waals surface area contributed by atoms with E-state index in [0.29, 0.717) is 24.8 Å². The van der Waals surface area contributed by atoms with E-state index >= 15 is 0 Å². The van der Waals surface area contributed by atoms with Crippen LogP contribution in [0.3, 0.4) is 0 Å². The molecule has 29 heavy (non-hydrogen) atoms. The highest BCUT2D eigenvalue weighted by Crippen LogP contribution is 2.49. The lowest BCUT2D eigenvalue weighted by Gasteiger charge is -2.28. The molecule has 4 atom stereocenters. The molecule has 0 radical (unpaired) electrons. The first-order chi connectivity index (χ1) is 14.2. The minimum Gasteiger partial charge on any atom is -0.383 e. The van der Waals surface area contributed by atoms with Gasteiger partial charge < -0.3 is 10.1 Å². The first-order valence-electron chi connectivity index (χ1n) is 10.6. The normalized spacial score (nSPS) is 24.0. The second-order valence-corrected chi connectivity index (χ2v) is 9.24. The standard InChI is InChI=1S/C22H30N4O2S/c1-15(19-13-16-8-9-18(19)12-16)23-20(27)14-29-22-25-24-21(26(22)10-11-28-2)17-6-4-3-5-7-17/h3-7,15-16,18-19H,8-14H2,1-2H3,(H,23,27)/t15-,16-,18-,19+/m1/s1. The van der Waals surface area contributed by atoms with Gasteiger partial charge in [0.15, 0.2) is 11.0 Å². The molecule has 4 rings (SSSR count). The van der Waals surface area contributed by atoms with Gasteiger partial charge in [-0.3, -0.25) is 9.36 Å². The predicted molar refractivity (Wildman–Crippen MR) is 115 cm³/mol. The van der Waals surface area contributed by atoms with E-state index in [1.54, 1.807) is 7.11 Å². The van der Waals surface area contributed by atoms with E-state index in [1.165, 1.54) is 37.4 Å². The molecule has 0 aliphatic heterocycles. The largest absolute Gasteiger partial charge is 0.383 e. The summed E-state index contributed by atoms with van der Waals surface area (Å²) in [4.78, 5) is 12.6. The smallest absolute Gasteiger partial charge is 0.230 e. The number of ether oxygens (including phenoxy) is 1. The van der Waals surface area contributed by atoms with Gasteiger partial charge >= 0.3 is 0 Å². The number of thioether (sulfide) groups is 1. The van der Waals surface area contributed by atoms with Crippen molar-refractivity contribution in [3.8, 4) is 11.4 Å². The Bertz CT molecular complexity index is 825. The van der Waals surface area contributed by atoms with Crippen LogP contribution in [0.5, 0.6) is 0 Å². The fourth-order valence-electron chi connectivity index (χ4n) is 5.02. The quantitative estimate of drug-likeness (QED) is 0.635. The van der Waals surface area contributed by atoms with E-state index in [-0.39, 0.29) is 11.9 Å². The molecular weight excluding hydrogens is 384 g/mol. The molecular formula is C22H30N4O2S. The van der Waals surface area contributed by atoms with Gasteiger partial charge in [-0.25, -0.2) is 0 Å². The molecule has 2 aliphatic carbocycles. The molecule has 2 aromatic rings. The Balaban J connectivity index is 1.37. The van der Waals surface area contributed by atoms with Crippen LogP contribution >= 0.6 is 11.8 Å². The van der Waals surface area contributed by atoms with Gasteiger partial charge in [0, 0.05) is 18.7 Å². The number of nitrogens with zero attached hydrogens (tertiary/aromatic N) is 3. The van der Waals surface area contributed by atoms with Crippen molar-refractivity contribution in [1.82, 2.24) is 20.1 Å². The Morgan fingerprint density at radius 3 is 2.79 bits per heavy atom. The molecule has 0 saturated heterocycles. The SMILES string of the molecule is COCCn1c(SCC(=O)N[C@H](C)[C@@H]2C[C@@H]3CC[C@@H]2C3)nnc1-c1ccccc1. The van der Waals surface area contributed by atoms with E-state index in [1.807, 2.05) is 34.9 Å². The first kappa shape index (κ1) is 20.4. The number of carbonyl (C=O) groups excluding carboxylic acids is 1. The third kappa shape index (κ3) is 4.67. The summed E-state index contributed by atoms with van der Waals surface area (Å²) in [6.45, 7) is 3.39. The fraction of sp³-hybridized carbons (Fsp3) is 0.591. The van der Waals surface area contributed by atoms with Gasteiger partial charge in [0.25, 0.3) is 0 Å². The topological polar surface area (TPSA) is 69.0 Å². The number of fused-ring (bicyclic) bond motifs is 2. The Labute approximate surface area is 176 Å². The molecule has 2 bridgehead atoms. The van der Waals surface area contributed by atoms with Gasteiger partial charge in [-0.1, -0.05) is 48.5 Å². The lowest BCUT2D eigenvalue weighted by atomic mass is 9.84. The second-order valence-electron chi connectivity index (χ2n) is 8.30. The number of aromatic nitrogens is 3. The van der Waals surface area contributed by atoms with Crippen molar-refractivity contribution < 1.29 is 9.53 Å². The fourth-order valence-corrected chi connectivity index (χ4v) is 5.80. The number of rotatable bonds is 9. The molecule has 2 saturated carbocycles. The van der Waals surface area contributed by atoms with E-state index in [2.05, 4.69) is 22.4 Å². The highest BCUT2D eigenvalue weighted by molar-refractivity contribution is 7.99. The van der Waals surface area contributed by atoms with E-state index in [0.717, 1.165) is 28.4 Å². The van der Waals surface area contributed by atoms with Gasteiger partial charge in [-0.15, -0.1) is 10.2 Å². The Morgan fingerprint density at radius 2 is 2.10 bits per heavy atom. The summed E-state index contributed by atoms with van der Waals surface area (Å²) in [5, 5.41) is 12.7. The second kappa shape index (κ2) is 9.30. The zero-order valence-corrected chi connectivity index (χ0v) is 18.0. The molecule has 1 aromatic heterocycles. The highest BCUT2D eigenvalue weighted by Gasteiger charge is 2.42. The Morgan fingerprint density at radius 1 is 1.28 bits per heavy atom. The van der Waals surface area contributed by atoms with Gasteiger partial charge in [0.1, 0.15) is 0 Å². The molecule has 1 N–H and O–H groups in total. The zero-order chi connectivity index (χ0) is 20.2. The molecule has 156 valence electrons. The van der Waals surface area contributed by atoms with Crippen molar-refractivity contribution in [3.05, 3.63) is 30.3 Å². The van der Waals surface area contributed by atoms with Crippen molar-refractivity contribution in [2.24, 2.45) is 17.8 Å². The molecule has 2 aliphatic rings. The van der Waals surface area contributed by atoms with Crippen LogP contribution in [0.25, 0.3) is 11.4 Å². The molecule has 1 amide bonds. The average Bonchev–Trinajstić information content (AvgIpc) is 3.47. The number of carbonyl (C=O) groups is 1. The molecule has 1 heterocycles. The van der Waals surface area contributed by atoms with Crippen LogP contribution in [0.4, 0.5) is 0 Å². The first-order valence-corrected chi connectivity index (χ1v) is 11.5. The number of amides is 1. The number of hydrogen-bond acceptors (Lipinski definition) is 5. The summed E-state index contributed by atoms with van der Waals surface area (Å²) in [5.41, 5.74) is 1.01. The van der Waals surface area contributed by atoms with Crippen LogP contribution < -0.4 is 5.32 Å². The third-order valence-corrected chi connectivity index (χ3v) is 7.39. The van der Waals surface area contributed by atoms with E-state index in [4.69, 9.17) is 4.74 Å². The summed E-state index contributed by atoms with van der Waals surface area (Å²) in [5.74, 6) is 3.60. The minimum absolute atomic E-state index is 0.0767. The maximum atomic E-state index is 12.6. The van der Waals surface area contributed by atoms with Crippen LogP contribution in [-0.4, -0.2) is 46.2 Å². The van der Waals surface area contributed by atoms with Gasteiger partial charge in [0.05, 0.1) is 18.9 Å². The number of benzene rings is 1. The van der Waals surface area contributed by atoms with Crippen LogP contribution in [-0.2, 0) is 16.1 Å². The molecule has 1 aromatic carbocycles. The lowest BCUT2D eigenvalue weighted by molar-refractivity contribution is -0.119. The summed E-state index contributed by atoms with van der Waals surface area (Å²) in [7, 11) is 1.68. The van der Waals surface area contributed by atoms with Crippen LogP contribution in [0.1, 0.15) is 32.6 Å². The van der Waals surface area contributed by atoms with E-state index < -0.39 is 0 Å². The van der Waals surface area contributed by atoms with Crippen molar-refractivity contribution in [2.75, 3.05) is 19.5 Å². The Kier molecular flexibility index (Phi) is 6.55. The average molecular weight is 415 g/mol. The molecule has 0 unspecified atom stereocenters. The molecule has 0 spiro atoms. The van der Waals surface area contributed by atoms with Gasteiger partial charge in [-0.2, -0.15) is 0 Å². The van der Waals surface area contributed by atoms with Crippen LogP contribution in [0.15, 0.2) is 35.5 Å². The summed E-state index contributed by atoms with van der Waals surface area (Å²) in [6.07, 6.45) is 5.38. The monoisotopic (exact) mass is 414 g/mol. The van der Waals surface area contributed by atoms with Crippen LogP contribution in [0.2, 0.25) is 0 Å².